The van der Waals surface area contributed by atoms with Gasteiger partial charge in [0.15, 0.2) is 0 Å². The molecule has 2 heterocycles. The van der Waals surface area contributed by atoms with Crippen molar-refractivity contribution in [2.24, 2.45) is 5.92 Å². The summed E-state index contributed by atoms with van der Waals surface area (Å²) in [7, 11) is 0. The van der Waals surface area contributed by atoms with Gasteiger partial charge in [0.1, 0.15) is 0 Å². The molecule has 0 saturated heterocycles. The van der Waals surface area contributed by atoms with Gasteiger partial charge in [-0.2, -0.15) is 5.10 Å². The summed E-state index contributed by atoms with van der Waals surface area (Å²) in [6.07, 6.45) is 0.171. The number of nitrogens with zero attached hydrogens (tertiary/aromatic N) is 4. The Morgan fingerprint density at radius 3 is 2.25 bits per heavy atom. The van der Waals surface area contributed by atoms with Crippen LogP contribution in [0, 0.1) is 40.5 Å². The van der Waals surface area contributed by atoms with Gasteiger partial charge < -0.3 is 10.6 Å². The van der Waals surface area contributed by atoms with Crippen LogP contribution in [0.15, 0.2) is 24.3 Å². The van der Waals surface area contributed by atoms with Gasteiger partial charge in [0, 0.05) is 39.9 Å². The minimum atomic E-state index is -0.160. The Balaban J connectivity index is 1.80. The van der Waals surface area contributed by atoms with Gasteiger partial charge in [-0.15, -0.1) is 0 Å². The van der Waals surface area contributed by atoms with Gasteiger partial charge >= 0.3 is 0 Å². The first kappa shape index (κ1) is 23.1. The Kier molecular flexibility index (Phi) is 6.72. The molecule has 0 aliphatic rings. The first-order chi connectivity index (χ1) is 15.0. The Morgan fingerprint density at radius 1 is 0.969 bits per heavy atom. The number of hydrogen-bond donors (Lipinski definition) is 2. The van der Waals surface area contributed by atoms with Crippen LogP contribution in [-0.2, 0) is 16.0 Å². The summed E-state index contributed by atoms with van der Waals surface area (Å²) in [5, 5.41) is 10.4. The molecule has 0 unspecified atom stereocenters. The van der Waals surface area contributed by atoms with Crippen LogP contribution < -0.4 is 10.6 Å². The second-order valence-corrected chi connectivity index (χ2v) is 8.41. The molecule has 8 heteroatoms. The first-order valence-electron chi connectivity index (χ1n) is 10.6. The fraction of sp³-hybridized carbons (Fsp3) is 0.375. The molecular weight excluding hydrogens is 404 g/mol. The molecule has 0 bridgehead atoms. The summed E-state index contributed by atoms with van der Waals surface area (Å²) in [6, 6.07) is 7.38. The number of amides is 2. The number of benzene rings is 1. The van der Waals surface area contributed by atoms with Gasteiger partial charge in [-0.3, -0.25) is 9.59 Å². The Morgan fingerprint density at radius 2 is 1.62 bits per heavy atom. The molecule has 0 radical (unpaired) electrons. The largest absolute Gasteiger partial charge is 0.326 e. The maximum absolute atomic E-state index is 12.9. The maximum Gasteiger partial charge on any atom is 0.251 e. The fourth-order valence-corrected chi connectivity index (χ4v) is 3.40. The predicted octanol–water partition coefficient (Wildman–Crippen LogP) is 3.98. The highest BCUT2D eigenvalue weighted by Crippen LogP contribution is 2.22. The molecular formula is C24H30N6O2. The third kappa shape index (κ3) is 5.19. The van der Waals surface area contributed by atoms with Gasteiger partial charge in [0.25, 0.3) is 5.95 Å². The molecule has 0 spiro atoms. The van der Waals surface area contributed by atoms with Crippen molar-refractivity contribution in [3.8, 4) is 5.95 Å². The molecule has 0 aliphatic heterocycles. The summed E-state index contributed by atoms with van der Waals surface area (Å²) in [6.45, 7) is 13.2. The molecule has 0 saturated carbocycles. The average Bonchev–Trinajstić information content (AvgIpc) is 2.98. The number of aromatic nitrogens is 4. The first-order valence-corrected chi connectivity index (χ1v) is 10.6. The van der Waals surface area contributed by atoms with Crippen molar-refractivity contribution in [3.63, 3.8) is 0 Å². The van der Waals surface area contributed by atoms with Crippen LogP contribution in [0.25, 0.3) is 5.95 Å². The summed E-state index contributed by atoms with van der Waals surface area (Å²) in [5.74, 6) is 0.142. The van der Waals surface area contributed by atoms with Crippen molar-refractivity contribution in [2.75, 3.05) is 10.6 Å². The minimum absolute atomic E-state index is 0.0709. The molecule has 3 rings (SSSR count). The number of anilines is 2. The van der Waals surface area contributed by atoms with E-state index in [1.807, 2.05) is 66.7 Å². The average molecular weight is 435 g/mol. The number of aryl methyl sites for hydroxylation is 4. The predicted molar refractivity (Wildman–Crippen MR) is 125 cm³/mol. The SMILES string of the molecule is Cc1cc(C)nc(-n2nc(C)c(CC(=O)Nc3cc(NC(=O)C(C)C)ccc3C)c2C)n1. The molecule has 2 N–H and O–H groups in total. The second kappa shape index (κ2) is 9.30. The molecule has 2 amide bonds. The molecule has 0 atom stereocenters. The summed E-state index contributed by atoms with van der Waals surface area (Å²) < 4.78 is 1.69. The Bertz CT molecular complexity index is 1160. The molecule has 1 aromatic carbocycles. The third-order valence-corrected chi connectivity index (χ3v) is 5.24. The minimum Gasteiger partial charge on any atom is -0.326 e. The van der Waals surface area contributed by atoms with E-state index in [0.717, 1.165) is 33.9 Å². The van der Waals surface area contributed by atoms with E-state index >= 15 is 0 Å². The molecule has 0 fully saturated rings. The quantitative estimate of drug-likeness (QED) is 0.611. The van der Waals surface area contributed by atoms with Crippen LogP contribution in [-0.4, -0.2) is 31.6 Å². The molecule has 3 aromatic rings. The number of carbonyl (C=O) groups excluding carboxylic acids is 2. The van der Waals surface area contributed by atoms with Crippen LogP contribution in [0.4, 0.5) is 11.4 Å². The third-order valence-electron chi connectivity index (χ3n) is 5.24. The van der Waals surface area contributed by atoms with Crippen molar-refractivity contribution in [1.29, 1.82) is 0 Å². The number of nitrogens with one attached hydrogen (secondary N) is 2. The van der Waals surface area contributed by atoms with E-state index in [1.54, 1.807) is 10.7 Å². The zero-order chi connectivity index (χ0) is 23.6. The number of rotatable bonds is 6. The number of carbonyl (C=O) groups is 2. The summed E-state index contributed by atoms with van der Waals surface area (Å²) in [4.78, 5) is 33.8. The zero-order valence-corrected chi connectivity index (χ0v) is 19.7. The van der Waals surface area contributed by atoms with Crippen LogP contribution in [0.2, 0.25) is 0 Å². The lowest BCUT2D eigenvalue weighted by Crippen LogP contribution is -2.19. The summed E-state index contributed by atoms with van der Waals surface area (Å²) >= 11 is 0. The smallest absolute Gasteiger partial charge is 0.251 e. The molecule has 0 aliphatic carbocycles. The van der Waals surface area contributed by atoms with Crippen molar-refractivity contribution in [2.45, 2.75) is 54.9 Å². The standard InChI is InChI=1S/C24H30N6O2/c1-13(2)23(32)27-19-9-8-14(3)21(11-19)28-22(31)12-20-17(6)29-30(18(20)7)24-25-15(4)10-16(5)26-24/h8-11,13H,12H2,1-7H3,(H,27,32)(H,28,31). The van der Waals surface area contributed by atoms with Crippen LogP contribution in [0.3, 0.4) is 0 Å². The van der Waals surface area contributed by atoms with Gasteiger partial charge in [-0.05, 0) is 58.4 Å². The lowest BCUT2D eigenvalue weighted by molar-refractivity contribution is -0.119. The van der Waals surface area contributed by atoms with E-state index in [0.29, 0.717) is 17.3 Å². The van der Waals surface area contributed by atoms with Gasteiger partial charge in [-0.1, -0.05) is 19.9 Å². The van der Waals surface area contributed by atoms with Crippen LogP contribution in [0.1, 0.15) is 47.8 Å². The molecule has 2 aromatic heterocycles. The highest BCUT2D eigenvalue weighted by Gasteiger charge is 2.18. The van der Waals surface area contributed by atoms with Crippen molar-refractivity contribution >= 4 is 23.2 Å². The Labute approximate surface area is 188 Å². The van der Waals surface area contributed by atoms with E-state index in [4.69, 9.17) is 0 Å². The highest BCUT2D eigenvalue weighted by molar-refractivity contribution is 5.96. The van der Waals surface area contributed by atoms with E-state index in [2.05, 4.69) is 25.7 Å². The van der Waals surface area contributed by atoms with Gasteiger partial charge in [0.2, 0.25) is 11.8 Å². The fourth-order valence-electron chi connectivity index (χ4n) is 3.40. The number of hydrogen-bond acceptors (Lipinski definition) is 5. The molecule has 32 heavy (non-hydrogen) atoms. The van der Waals surface area contributed by atoms with Crippen molar-refractivity contribution < 1.29 is 9.59 Å². The summed E-state index contributed by atoms with van der Waals surface area (Å²) in [5.41, 5.74) is 6.38. The van der Waals surface area contributed by atoms with E-state index in [1.165, 1.54) is 0 Å². The second-order valence-electron chi connectivity index (χ2n) is 8.41. The zero-order valence-electron chi connectivity index (χ0n) is 19.7. The molecule has 168 valence electrons. The van der Waals surface area contributed by atoms with Gasteiger partial charge in [0.05, 0.1) is 12.1 Å². The maximum atomic E-state index is 12.9. The van der Waals surface area contributed by atoms with Crippen LogP contribution in [0.5, 0.6) is 0 Å². The topological polar surface area (TPSA) is 102 Å². The lowest BCUT2D eigenvalue weighted by Gasteiger charge is -2.13. The molecule has 8 nitrogen and oxygen atoms in total. The van der Waals surface area contributed by atoms with E-state index in [-0.39, 0.29) is 24.2 Å². The van der Waals surface area contributed by atoms with E-state index in [9.17, 15) is 9.59 Å². The van der Waals surface area contributed by atoms with E-state index < -0.39 is 0 Å². The highest BCUT2D eigenvalue weighted by atomic mass is 16.2. The van der Waals surface area contributed by atoms with Gasteiger partial charge in [-0.25, -0.2) is 14.6 Å². The monoisotopic (exact) mass is 434 g/mol. The lowest BCUT2D eigenvalue weighted by atomic mass is 10.1. The normalized spacial score (nSPS) is 11.0. The van der Waals surface area contributed by atoms with Crippen molar-refractivity contribution in [1.82, 2.24) is 19.7 Å². The van der Waals surface area contributed by atoms with Crippen LogP contribution >= 0.6 is 0 Å². The Hall–Kier alpha value is -3.55. The van der Waals surface area contributed by atoms with Crippen molar-refractivity contribution in [3.05, 3.63) is 58.2 Å².